The third kappa shape index (κ3) is 2.37. The Balaban J connectivity index is 2.49. The molecular weight excluding hydrogens is 272 g/mol. The fourth-order valence-electron chi connectivity index (χ4n) is 1.44. The number of hydrogen-bond donors (Lipinski definition) is 0. The molecule has 0 radical (unpaired) electrons. The van der Waals surface area contributed by atoms with Gasteiger partial charge in [-0.15, -0.1) is 5.10 Å². The lowest BCUT2D eigenvalue weighted by atomic mass is 10.2. The molecule has 5 nitrogen and oxygen atoms in total. The van der Waals surface area contributed by atoms with Crippen molar-refractivity contribution >= 4 is 21.4 Å². The molecule has 0 amide bonds. The van der Waals surface area contributed by atoms with Crippen molar-refractivity contribution in [1.82, 2.24) is 9.59 Å². The molecule has 2 aromatic rings. The molecule has 0 fully saturated rings. The van der Waals surface area contributed by atoms with Gasteiger partial charge in [0.1, 0.15) is 11.4 Å². The van der Waals surface area contributed by atoms with E-state index in [1.54, 1.807) is 38.3 Å². The SMILES string of the molecule is CCS(=O)(=O)c1snnc1-c1ccc(OC)cc1. The first-order chi connectivity index (χ1) is 8.58. The highest BCUT2D eigenvalue weighted by molar-refractivity contribution is 7.93. The minimum Gasteiger partial charge on any atom is -0.497 e. The number of hydrogen-bond acceptors (Lipinski definition) is 6. The van der Waals surface area contributed by atoms with Crippen molar-refractivity contribution in [1.29, 1.82) is 0 Å². The number of aromatic nitrogens is 2. The molecule has 7 heteroatoms. The van der Waals surface area contributed by atoms with Crippen LogP contribution in [0.25, 0.3) is 11.3 Å². The predicted octanol–water partition coefficient (Wildman–Crippen LogP) is 2.01. The van der Waals surface area contributed by atoms with Crippen LogP contribution in [-0.2, 0) is 9.84 Å². The van der Waals surface area contributed by atoms with Gasteiger partial charge in [0.2, 0.25) is 0 Å². The van der Waals surface area contributed by atoms with Crippen LogP contribution in [0.15, 0.2) is 28.5 Å². The van der Waals surface area contributed by atoms with Crippen LogP contribution < -0.4 is 4.74 Å². The standard InChI is InChI=1S/C11H12N2O3S2/c1-3-18(14,15)11-10(12-13-17-11)8-4-6-9(16-2)7-5-8/h4-7H,3H2,1-2H3. The summed E-state index contributed by atoms with van der Waals surface area (Å²) in [5.41, 5.74) is 1.13. The maximum absolute atomic E-state index is 11.9. The lowest BCUT2D eigenvalue weighted by Crippen LogP contribution is -2.03. The highest BCUT2D eigenvalue weighted by atomic mass is 32.2. The molecule has 2 rings (SSSR count). The highest BCUT2D eigenvalue weighted by Crippen LogP contribution is 2.29. The van der Waals surface area contributed by atoms with Crippen molar-refractivity contribution in [2.45, 2.75) is 11.1 Å². The van der Waals surface area contributed by atoms with Gasteiger partial charge in [0.15, 0.2) is 14.0 Å². The van der Waals surface area contributed by atoms with Gasteiger partial charge in [0.25, 0.3) is 0 Å². The Labute approximate surface area is 110 Å². The summed E-state index contributed by atoms with van der Waals surface area (Å²) in [6, 6.07) is 7.06. The third-order valence-electron chi connectivity index (χ3n) is 2.48. The number of nitrogens with zero attached hydrogens (tertiary/aromatic N) is 2. The lowest BCUT2D eigenvalue weighted by molar-refractivity contribution is 0.415. The average Bonchev–Trinajstić information content (AvgIpc) is 2.89. The normalized spacial score (nSPS) is 11.4. The minimum absolute atomic E-state index is 0.0417. The number of ether oxygens (including phenoxy) is 1. The first-order valence-electron chi connectivity index (χ1n) is 5.28. The van der Waals surface area contributed by atoms with Crippen molar-refractivity contribution < 1.29 is 13.2 Å². The Kier molecular flexibility index (Phi) is 3.63. The molecule has 0 bridgehead atoms. The summed E-state index contributed by atoms with van der Waals surface area (Å²) in [7, 11) is -1.71. The van der Waals surface area contributed by atoms with Crippen molar-refractivity contribution in [2.24, 2.45) is 0 Å². The van der Waals surface area contributed by atoms with Crippen molar-refractivity contribution in [3.05, 3.63) is 24.3 Å². The molecule has 0 aliphatic heterocycles. The number of rotatable bonds is 4. The molecule has 0 unspecified atom stereocenters. The molecule has 0 saturated heterocycles. The summed E-state index contributed by atoms with van der Waals surface area (Å²) in [5, 5.41) is 3.90. The molecule has 0 spiro atoms. The summed E-state index contributed by atoms with van der Waals surface area (Å²) in [6.45, 7) is 1.60. The van der Waals surface area contributed by atoms with Crippen LogP contribution in [0.3, 0.4) is 0 Å². The van der Waals surface area contributed by atoms with Crippen LogP contribution in [0.5, 0.6) is 5.75 Å². The predicted molar refractivity (Wildman–Crippen MR) is 69.6 cm³/mol. The molecule has 1 aromatic heterocycles. The smallest absolute Gasteiger partial charge is 0.191 e. The van der Waals surface area contributed by atoms with E-state index in [1.807, 2.05) is 0 Å². The maximum atomic E-state index is 11.9. The van der Waals surface area contributed by atoms with Gasteiger partial charge in [-0.05, 0) is 24.3 Å². The van der Waals surface area contributed by atoms with E-state index in [-0.39, 0.29) is 9.96 Å². The molecule has 1 heterocycles. The van der Waals surface area contributed by atoms with Gasteiger partial charge in [0, 0.05) is 17.1 Å². The summed E-state index contributed by atoms with van der Waals surface area (Å²) in [6.07, 6.45) is 0. The Hall–Kier alpha value is -1.47. The van der Waals surface area contributed by atoms with Gasteiger partial charge in [-0.1, -0.05) is 11.4 Å². The second-order valence-corrected chi connectivity index (χ2v) is 6.77. The number of methoxy groups -OCH3 is 1. The summed E-state index contributed by atoms with van der Waals surface area (Å²) >= 11 is 0.906. The van der Waals surface area contributed by atoms with E-state index >= 15 is 0 Å². The van der Waals surface area contributed by atoms with Gasteiger partial charge < -0.3 is 4.74 Å². The molecule has 0 aliphatic carbocycles. The van der Waals surface area contributed by atoms with Crippen LogP contribution in [0.4, 0.5) is 0 Å². The van der Waals surface area contributed by atoms with Crippen molar-refractivity contribution in [3.63, 3.8) is 0 Å². The molecule has 1 aromatic carbocycles. The van der Waals surface area contributed by atoms with Gasteiger partial charge in [0.05, 0.1) is 12.9 Å². The fourth-order valence-corrected chi connectivity index (χ4v) is 3.51. The minimum atomic E-state index is -3.29. The second-order valence-electron chi connectivity index (χ2n) is 3.54. The third-order valence-corrected chi connectivity index (χ3v) is 5.51. The van der Waals surface area contributed by atoms with Crippen molar-refractivity contribution in [2.75, 3.05) is 12.9 Å². The summed E-state index contributed by atoms with van der Waals surface area (Å²) in [4.78, 5) is 0. The maximum Gasteiger partial charge on any atom is 0.191 e. The van der Waals surface area contributed by atoms with Crippen LogP contribution in [-0.4, -0.2) is 30.9 Å². The average molecular weight is 284 g/mol. The van der Waals surface area contributed by atoms with E-state index in [0.717, 1.165) is 17.1 Å². The van der Waals surface area contributed by atoms with E-state index in [4.69, 9.17) is 4.74 Å². The Morgan fingerprint density at radius 3 is 2.50 bits per heavy atom. The second kappa shape index (κ2) is 5.03. The molecular formula is C11H12N2O3S2. The highest BCUT2D eigenvalue weighted by Gasteiger charge is 2.22. The van der Waals surface area contributed by atoms with E-state index in [1.165, 1.54) is 0 Å². The molecule has 0 saturated carbocycles. The topological polar surface area (TPSA) is 69.2 Å². The van der Waals surface area contributed by atoms with E-state index in [2.05, 4.69) is 9.59 Å². The Bertz CT molecular complexity index is 633. The van der Waals surface area contributed by atoms with Gasteiger partial charge in [-0.25, -0.2) is 8.42 Å². The number of sulfone groups is 1. The van der Waals surface area contributed by atoms with Gasteiger partial charge in [-0.3, -0.25) is 0 Å². The summed E-state index contributed by atoms with van der Waals surface area (Å²) in [5.74, 6) is 0.752. The first kappa shape index (κ1) is 13.0. The van der Waals surface area contributed by atoms with Crippen molar-refractivity contribution in [3.8, 4) is 17.0 Å². The van der Waals surface area contributed by atoms with Crippen LogP contribution in [0.2, 0.25) is 0 Å². The molecule has 0 N–H and O–H groups in total. The lowest BCUT2D eigenvalue weighted by Gasteiger charge is -2.03. The summed E-state index contributed by atoms with van der Waals surface area (Å²) < 4.78 is 32.8. The quantitative estimate of drug-likeness (QED) is 0.859. The molecule has 0 aliphatic rings. The number of benzene rings is 1. The van der Waals surface area contributed by atoms with E-state index in [0.29, 0.717) is 11.4 Å². The molecule has 0 atom stereocenters. The van der Waals surface area contributed by atoms with E-state index in [9.17, 15) is 8.42 Å². The Morgan fingerprint density at radius 2 is 1.94 bits per heavy atom. The first-order valence-corrected chi connectivity index (χ1v) is 7.70. The van der Waals surface area contributed by atoms with E-state index < -0.39 is 9.84 Å². The monoisotopic (exact) mass is 284 g/mol. The van der Waals surface area contributed by atoms with Crippen LogP contribution in [0, 0.1) is 0 Å². The zero-order chi connectivity index (χ0) is 13.2. The largest absolute Gasteiger partial charge is 0.497 e. The zero-order valence-corrected chi connectivity index (χ0v) is 11.6. The molecule has 18 heavy (non-hydrogen) atoms. The fraction of sp³-hybridized carbons (Fsp3) is 0.273. The van der Waals surface area contributed by atoms with Crippen LogP contribution >= 0.6 is 11.5 Å². The molecule has 96 valence electrons. The van der Waals surface area contributed by atoms with Gasteiger partial charge >= 0.3 is 0 Å². The van der Waals surface area contributed by atoms with Crippen LogP contribution in [0.1, 0.15) is 6.92 Å². The Morgan fingerprint density at radius 1 is 1.28 bits per heavy atom. The van der Waals surface area contributed by atoms with Gasteiger partial charge in [-0.2, -0.15) is 0 Å². The zero-order valence-electron chi connectivity index (χ0n) is 9.95.